The van der Waals surface area contributed by atoms with Crippen molar-refractivity contribution in [1.29, 1.82) is 0 Å². The molecule has 0 fully saturated rings. The number of hydrogen-bond acceptors (Lipinski definition) is 2. The molecule has 0 aromatic rings. The van der Waals surface area contributed by atoms with E-state index >= 15 is 0 Å². The minimum atomic E-state index is -2.49. The molecule has 0 aliphatic rings. The average molecular weight is 228 g/mol. The highest BCUT2D eigenvalue weighted by Gasteiger charge is 2.39. The Hall–Kier alpha value is -0.383. The van der Waals surface area contributed by atoms with Crippen LogP contribution in [0.15, 0.2) is 24.6 Å². The summed E-state index contributed by atoms with van der Waals surface area (Å²) in [4.78, 5) is 0. The van der Waals surface area contributed by atoms with Crippen LogP contribution in [0.3, 0.4) is 0 Å². The zero-order valence-corrected chi connectivity index (χ0v) is 11.9. The van der Waals surface area contributed by atoms with Crippen LogP contribution in [0.4, 0.5) is 0 Å². The molecule has 88 valence electrons. The first-order valence-corrected chi connectivity index (χ1v) is 7.18. The Kier molecular flexibility index (Phi) is 4.52. The molecule has 0 aliphatic heterocycles. The van der Waals surface area contributed by atoms with Crippen LogP contribution in [0.25, 0.3) is 0 Å². The molecule has 2 nitrogen and oxygen atoms in total. The fourth-order valence-electron chi connectivity index (χ4n) is 1.23. The lowest BCUT2D eigenvalue weighted by atomic mass is 10.2. The largest absolute Gasteiger partial charge is 0.391 e. The molecule has 0 aromatic heterocycles. The second kappa shape index (κ2) is 4.64. The van der Waals surface area contributed by atoms with Crippen molar-refractivity contribution in [2.75, 3.05) is 0 Å². The molecule has 15 heavy (non-hydrogen) atoms. The molecule has 0 aromatic carbocycles. The molecular formula is C12H24O2Si. The molecule has 0 N–H and O–H groups in total. The van der Waals surface area contributed by atoms with Gasteiger partial charge in [0, 0.05) is 0 Å². The zero-order valence-electron chi connectivity index (χ0n) is 10.9. The molecule has 0 heterocycles. The lowest BCUT2D eigenvalue weighted by molar-refractivity contribution is 0.0279. The van der Waals surface area contributed by atoms with Gasteiger partial charge in [-0.2, -0.15) is 0 Å². The monoisotopic (exact) mass is 228 g/mol. The molecule has 0 saturated carbocycles. The van der Waals surface area contributed by atoms with Crippen LogP contribution < -0.4 is 0 Å². The summed E-state index contributed by atoms with van der Waals surface area (Å²) >= 11 is 0. The van der Waals surface area contributed by atoms with Crippen molar-refractivity contribution in [3.8, 4) is 0 Å². The van der Waals surface area contributed by atoms with Gasteiger partial charge in [-0.05, 0) is 52.9 Å². The smallest absolute Gasteiger partial charge is 0.383 e. The van der Waals surface area contributed by atoms with Gasteiger partial charge in [0.25, 0.3) is 0 Å². The van der Waals surface area contributed by atoms with E-state index in [9.17, 15) is 0 Å². The summed E-state index contributed by atoms with van der Waals surface area (Å²) in [6, 6.07) is 0. The van der Waals surface area contributed by atoms with Crippen molar-refractivity contribution in [3.05, 3.63) is 24.6 Å². The van der Waals surface area contributed by atoms with Crippen molar-refractivity contribution >= 4 is 8.56 Å². The second-order valence-corrected chi connectivity index (χ2v) is 8.23. The van der Waals surface area contributed by atoms with Gasteiger partial charge < -0.3 is 8.85 Å². The summed E-state index contributed by atoms with van der Waals surface area (Å²) in [5.74, 6) is 0. The third-order valence-corrected chi connectivity index (χ3v) is 4.50. The number of rotatable bonds is 4. The van der Waals surface area contributed by atoms with Gasteiger partial charge in [-0.15, -0.1) is 13.2 Å². The van der Waals surface area contributed by atoms with E-state index < -0.39 is 8.56 Å². The Morgan fingerprint density at radius 2 is 1.07 bits per heavy atom. The quantitative estimate of drug-likeness (QED) is 0.686. The van der Waals surface area contributed by atoms with E-state index in [1.807, 2.05) is 41.5 Å². The Bertz CT molecular complexity index is 207. The van der Waals surface area contributed by atoms with E-state index in [0.29, 0.717) is 0 Å². The fourth-order valence-corrected chi connectivity index (χ4v) is 3.68. The molecule has 0 bridgehead atoms. The van der Waals surface area contributed by atoms with Gasteiger partial charge in [0.15, 0.2) is 0 Å². The van der Waals surface area contributed by atoms with Crippen molar-refractivity contribution in [2.45, 2.75) is 52.7 Å². The zero-order chi connectivity index (χ0) is 12.3. The molecule has 0 saturated heterocycles. The minimum absolute atomic E-state index is 0.250. The molecular weight excluding hydrogens is 204 g/mol. The Morgan fingerprint density at radius 3 is 1.20 bits per heavy atom. The molecule has 0 radical (unpaired) electrons. The van der Waals surface area contributed by atoms with Crippen LogP contribution in [0.1, 0.15) is 41.5 Å². The van der Waals surface area contributed by atoms with E-state index in [1.165, 1.54) is 0 Å². The van der Waals surface area contributed by atoms with Gasteiger partial charge in [0.05, 0.1) is 11.2 Å². The van der Waals surface area contributed by atoms with Crippen molar-refractivity contribution in [1.82, 2.24) is 0 Å². The van der Waals surface area contributed by atoms with Gasteiger partial charge >= 0.3 is 8.56 Å². The van der Waals surface area contributed by atoms with Crippen molar-refractivity contribution < 1.29 is 8.85 Å². The Balaban J connectivity index is 4.90. The summed E-state index contributed by atoms with van der Waals surface area (Å²) in [6.45, 7) is 19.7. The fraction of sp³-hybridized carbons (Fsp3) is 0.667. The van der Waals surface area contributed by atoms with Crippen LogP contribution in [0.5, 0.6) is 0 Å². The van der Waals surface area contributed by atoms with E-state index in [4.69, 9.17) is 8.85 Å². The van der Waals surface area contributed by atoms with E-state index in [0.717, 1.165) is 0 Å². The maximum Gasteiger partial charge on any atom is 0.391 e. The van der Waals surface area contributed by atoms with Crippen LogP contribution in [0.2, 0.25) is 0 Å². The summed E-state index contributed by atoms with van der Waals surface area (Å²) in [7, 11) is -2.49. The molecule has 0 amide bonds. The molecule has 0 atom stereocenters. The third kappa shape index (κ3) is 5.92. The van der Waals surface area contributed by atoms with Crippen molar-refractivity contribution in [2.24, 2.45) is 0 Å². The van der Waals surface area contributed by atoms with Gasteiger partial charge in [-0.3, -0.25) is 0 Å². The highest BCUT2D eigenvalue weighted by atomic mass is 28.4. The molecule has 3 heteroatoms. The Morgan fingerprint density at radius 1 is 0.800 bits per heavy atom. The first kappa shape index (κ1) is 14.6. The topological polar surface area (TPSA) is 18.5 Å². The van der Waals surface area contributed by atoms with Crippen LogP contribution >= 0.6 is 0 Å². The maximum absolute atomic E-state index is 5.98. The highest BCUT2D eigenvalue weighted by Crippen LogP contribution is 2.24. The predicted octanol–water partition coefficient (Wildman–Crippen LogP) is 3.51. The average Bonchev–Trinajstić information content (AvgIpc) is 1.98. The van der Waals surface area contributed by atoms with Gasteiger partial charge in [0.1, 0.15) is 0 Å². The first-order chi connectivity index (χ1) is 6.54. The van der Waals surface area contributed by atoms with Gasteiger partial charge in [-0.1, -0.05) is 0 Å². The lowest BCUT2D eigenvalue weighted by Crippen LogP contribution is -2.49. The SMILES string of the molecule is C=C[Si](C=C)(OC(C)(C)C)OC(C)(C)C. The minimum Gasteiger partial charge on any atom is -0.383 e. The van der Waals surface area contributed by atoms with Crippen LogP contribution in [-0.2, 0) is 8.85 Å². The predicted molar refractivity (Wildman–Crippen MR) is 67.8 cm³/mol. The summed E-state index contributed by atoms with van der Waals surface area (Å²) in [5.41, 5.74) is 3.05. The maximum atomic E-state index is 5.98. The van der Waals surface area contributed by atoms with Crippen molar-refractivity contribution in [3.63, 3.8) is 0 Å². The third-order valence-electron chi connectivity index (χ3n) is 1.50. The molecule has 0 unspecified atom stereocenters. The lowest BCUT2D eigenvalue weighted by Gasteiger charge is -2.37. The number of hydrogen-bond donors (Lipinski definition) is 0. The summed E-state index contributed by atoms with van der Waals surface area (Å²) in [5, 5.41) is 0. The van der Waals surface area contributed by atoms with E-state index in [1.54, 1.807) is 11.4 Å². The highest BCUT2D eigenvalue weighted by molar-refractivity contribution is 6.77. The molecule has 0 aliphatic carbocycles. The Labute approximate surface area is 95.2 Å². The van der Waals surface area contributed by atoms with Gasteiger partial charge in [-0.25, -0.2) is 0 Å². The summed E-state index contributed by atoms with van der Waals surface area (Å²) < 4.78 is 12.0. The molecule has 0 spiro atoms. The van der Waals surface area contributed by atoms with Crippen LogP contribution in [-0.4, -0.2) is 19.8 Å². The van der Waals surface area contributed by atoms with E-state index in [-0.39, 0.29) is 11.2 Å². The van der Waals surface area contributed by atoms with E-state index in [2.05, 4.69) is 13.2 Å². The molecule has 0 rings (SSSR count). The van der Waals surface area contributed by atoms with Gasteiger partial charge in [0.2, 0.25) is 0 Å². The first-order valence-electron chi connectivity index (χ1n) is 5.21. The normalized spacial score (nSPS) is 13.7. The second-order valence-electron chi connectivity index (χ2n) is 5.56. The standard InChI is InChI=1S/C12H24O2Si/c1-9-15(10-2,13-11(3,4)5)14-12(6,7)8/h9-10H,1-2H2,3-8H3. The van der Waals surface area contributed by atoms with Crippen LogP contribution in [0, 0.1) is 0 Å². The summed E-state index contributed by atoms with van der Waals surface area (Å²) in [6.07, 6.45) is 0.